The summed E-state index contributed by atoms with van der Waals surface area (Å²) < 4.78 is 0. The van der Waals surface area contributed by atoms with Gasteiger partial charge in [0.2, 0.25) is 0 Å². The Balaban J connectivity index is 1.60. The quantitative estimate of drug-likeness (QED) is 0.502. The molecule has 7 heteroatoms. The number of hydrogen-bond donors (Lipinski definition) is 2. The third-order valence-corrected chi connectivity index (χ3v) is 6.86. The molecular weight excluding hydrogens is 376 g/mol. The first kappa shape index (κ1) is 16.6. The maximum atomic E-state index is 12.7. The SMILES string of the molecule is Cc1nc(C(=O)Nc2sc3c(c2-c2nc4ccccc4[nH]2)CCCC3)cs1. The van der Waals surface area contributed by atoms with Crippen LogP contribution in [-0.2, 0) is 12.8 Å². The minimum absolute atomic E-state index is 0.157. The van der Waals surface area contributed by atoms with Crippen LogP contribution in [0.25, 0.3) is 22.4 Å². The Morgan fingerprint density at radius 1 is 1.19 bits per heavy atom. The van der Waals surface area contributed by atoms with Crippen molar-refractivity contribution in [2.45, 2.75) is 32.6 Å². The van der Waals surface area contributed by atoms with Crippen molar-refractivity contribution in [2.24, 2.45) is 0 Å². The maximum absolute atomic E-state index is 12.7. The summed E-state index contributed by atoms with van der Waals surface area (Å²) in [4.78, 5) is 26.6. The van der Waals surface area contributed by atoms with E-state index in [1.807, 2.05) is 31.2 Å². The van der Waals surface area contributed by atoms with Crippen LogP contribution in [0.2, 0.25) is 0 Å². The van der Waals surface area contributed by atoms with Crippen molar-refractivity contribution >= 4 is 44.6 Å². The topological polar surface area (TPSA) is 70.7 Å². The van der Waals surface area contributed by atoms with Crippen LogP contribution in [0, 0.1) is 6.92 Å². The number of amides is 1. The third-order valence-electron chi connectivity index (χ3n) is 4.88. The van der Waals surface area contributed by atoms with E-state index in [9.17, 15) is 4.79 Å². The Kier molecular flexibility index (Phi) is 4.06. The van der Waals surface area contributed by atoms with Gasteiger partial charge in [0.25, 0.3) is 5.91 Å². The zero-order valence-corrected chi connectivity index (χ0v) is 16.5. The number of hydrogen-bond acceptors (Lipinski definition) is 5. The van der Waals surface area contributed by atoms with Gasteiger partial charge >= 0.3 is 0 Å². The number of thiazole rings is 1. The second-order valence-corrected chi connectivity index (χ2v) is 8.89. The number of carbonyl (C=O) groups is 1. The molecule has 1 aliphatic rings. The molecule has 1 aliphatic carbocycles. The lowest BCUT2D eigenvalue weighted by molar-refractivity contribution is 0.102. The minimum atomic E-state index is -0.157. The molecule has 0 bridgehead atoms. The number of benzene rings is 1. The highest BCUT2D eigenvalue weighted by Gasteiger charge is 2.25. The monoisotopic (exact) mass is 394 g/mol. The number of aromatic nitrogens is 3. The number of rotatable bonds is 3. The highest BCUT2D eigenvalue weighted by atomic mass is 32.1. The Bertz CT molecular complexity index is 1120. The Hall–Kier alpha value is -2.51. The van der Waals surface area contributed by atoms with Crippen molar-refractivity contribution in [3.63, 3.8) is 0 Å². The molecule has 136 valence electrons. The van der Waals surface area contributed by atoms with Crippen LogP contribution >= 0.6 is 22.7 Å². The van der Waals surface area contributed by atoms with E-state index in [1.165, 1.54) is 34.6 Å². The van der Waals surface area contributed by atoms with Gasteiger partial charge in [0.05, 0.1) is 21.6 Å². The average Bonchev–Trinajstić information content (AvgIpc) is 3.36. The van der Waals surface area contributed by atoms with E-state index < -0.39 is 0 Å². The largest absolute Gasteiger partial charge is 0.338 e. The second kappa shape index (κ2) is 6.58. The van der Waals surface area contributed by atoms with Gasteiger partial charge in [0.1, 0.15) is 16.5 Å². The number of H-pyrrole nitrogens is 1. The summed E-state index contributed by atoms with van der Waals surface area (Å²) in [5, 5.41) is 6.67. The molecule has 0 fully saturated rings. The fraction of sp³-hybridized carbons (Fsp3) is 0.250. The third kappa shape index (κ3) is 2.96. The summed E-state index contributed by atoms with van der Waals surface area (Å²) in [7, 11) is 0. The molecule has 0 radical (unpaired) electrons. The van der Waals surface area contributed by atoms with Gasteiger partial charge in [-0.15, -0.1) is 22.7 Å². The highest BCUT2D eigenvalue weighted by molar-refractivity contribution is 7.17. The summed E-state index contributed by atoms with van der Waals surface area (Å²) in [5.41, 5.74) is 4.80. The molecular formula is C20H18N4OS2. The van der Waals surface area contributed by atoms with Crippen LogP contribution in [0.1, 0.15) is 38.8 Å². The molecule has 0 unspecified atom stereocenters. The minimum Gasteiger partial charge on any atom is -0.338 e. The molecule has 1 aromatic carbocycles. The van der Waals surface area contributed by atoms with Crippen molar-refractivity contribution in [3.8, 4) is 11.4 Å². The first-order valence-corrected chi connectivity index (χ1v) is 10.7. The van der Waals surface area contributed by atoms with Crippen LogP contribution in [0.15, 0.2) is 29.6 Å². The molecule has 27 heavy (non-hydrogen) atoms. The van der Waals surface area contributed by atoms with Gasteiger partial charge in [0.15, 0.2) is 0 Å². The van der Waals surface area contributed by atoms with Gasteiger partial charge in [-0.25, -0.2) is 9.97 Å². The van der Waals surface area contributed by atoms with Gasteiger partial charge in [0, 0.05) is 10.3 Å². The van der Waals surface area contributed by atoms with E-state index in [-0.39, 0.29) is 5.91 Å². The Morgan fingerprint density at radius 3 is 2.85 bits per heavy atom. The smallest absolute Gasteiger partial charge is 0.275 e. The van der Waals surface area contributed by atoms with Gasteiger partial charge in [-0.05, 0) is 50.3 Å². The lowest BCUT2D eigenvalue weighted by atomic mass is 9.95. The summed E-state index contributed by atoms with van der Waals surface area (Å²) >= 11 is 3.17. The number of anilines is 1. The molecule has 1 amide bonds. The van der Waals surface area contributed by atoms with E-state index in [0.29, 0.717) is 5.69 Å². The fourth-order valence-electron chi connectivity index (χ4n) is 3.61. The number of imidazole rings is 1. The maximum Gasteiger partial charge on any atom is 0.275 e. The van der Waals surface area contributed by atoms with Crippen LogP contribution in [0.3, 0.4) is 0 Å². The number of fused-ring (bicyclic) bond motifs is 2. The number of thiophene rings is 1. The molecule has 3 heterocycles. The van der Waals surface area contributed by atoms with Gasteiger partial charge < -0.3 is 10.3 Å². The standard InChI is InChI=1S/C20H18N4OS2/c1-11-21-15(10-26-11)19(25)24-20-17(12-6-2-5-9-16(12)27-20)18-22-13-7-3-4-8-14(13)23-18/h3-4,7-8,10H,2,5-6,9H2,1H3,(H,22,23)(H,24,25). The average molecular weight is 395 g/mol. The fourth-order valence-corrected chi connectivity index (χ4v) is 5.49. The van der Waals surface area contributed by atoms with E-state index in [1.54, 1.807) is 16.7 Å². The number of para-hydroxylation sites is 2. The van der Waals surface area contributed by atoms with E-state index in [0.717, 1.165) is 45.3 Å². The highest BCUT2D eigenvalue weighted by Crippen LogP contribution is 2.43. The zero-order chi connectivity index (χ0) is 18.4. The Morgan fingerprint density at radius 2 is 2.04 bits per heavy atom. The molecule has 2 N–H and O–H groups in total. The van der Waals surface area contributed by atoms with Crippen molar-refractivity contribution in [1.82, 2.24) is 15.0 Å². The summed E-state index contributed by atoms with van der Waals surface area (Å²) in [6.07, 6.45) is 4.48. The molecule has 0 saturated carbocycles. The van der Waals surface area contributed by atoms with Gasteiger partial charge in [-0.3, -0.25) is 4.79 Å². The van der Waals surface area contributed by atoms with Crippen molar-refractivity contribution in [2.75, 3.05) is 5.32 Å². The molecule has 5 nitrogen and oxygen atoms in total. The molecule has 4 aromatic rings. The van der Waals surface area contributed by atoms with Crippen LogP contribution < -0.4 is 5.32 Å². The molecule has 0 saturated heterocycles. The van der Waals surface area contributed by atoms with Crippen LogP contribution in [-0.4, -0.2) is 20.9 Å². The van der Waals surface area contributed by atoms with Crippen molar-refractivity contribution in [1.29, 1.82) is 0 Å². The molecule has 0 atom stereocenters. The zero-order valence-electron chi connectivity index (χ0n) is 14.8. The Labute approximate surface area is 164 Å². The second-order valence-electron chi connectivity index (χ2n) is 6.72. The first-order chi connectivity index (χ1) is 13.2. The number of nitrogens with one attached hydrogen (secondary N) is 2. The van der Waals surface area contributed by atoms with Crippen LogP contribution in [0.5, 0.6) is 0 Å². The predicted octanol–water partition coefficient (Wildman–Crippen LogP) is 5.19. The summed E-state index contributed by atoms with van der Waals surface area (Å²) in [5.74, 6) is 0.677. The van der Waals surface area contributed by atoms with E-state index in [2.05, 4.69) is 15.3 Å². The molecule has 3 aromatic heterocycles. The summed E-state index contributed by atoms with van der Waals surface area (Å²) in [6.45, 7) is 1.91. The van der Waals surface area contributed by atoms with E-state index in [4.69, 9.17) is 4.98 Å². The van der Waals surface area contributed by atoms with Crippen LogP contribution in [0.4, 0.5) is 5.00 Å². The lowest BCUT2D eigenvalue weighted by Crippen LogP contribution is -2.12. The van der Waals surface area contributed by atoms with Gasteiger partial charge in [-0.2, -0.15) is 0 Å². The summed E-state index contributed by atoms with van der Waals surface area (Å²) in [6, 6.07) is 8.02. The number of carbonyl (C=O) groups excluding carboxylic acids is 1. The normalized spacial score (nSPS) is 13.7. The predicted molar refractivity (Wildman–Crippen MR) is 111 cm³/mol. The van der Waals surface area contributed by atoms with Crippen molar-refractivity contribution < 1.29 is 4.79 Å². The molecule has 0 aliphatic heterocycles. The van der Waals surface area contributed by atoms with E-state index >= 15 is 0 Å². The molecule has 5 rings (SSSR count). The van der Waals surface area contributed by atoms with Gasteiger partial charge in [-0.1, -0.05) is 12.1 Å². The lowest BCUT2D eigenvalue weighted by Gasteiger charge is -2.11. The number of aryl methyl sites for hydroxylation is 2. The first-order valence-electron chi connectivity index (χ1n) is 9.02. The van der Waals surface area contributed by atoms with Crippen molar-refractivity contribution in [3.05, 3.63) is 50.8 Å². The number of aromatic amines is 1. The molecule has 0 spiro atoms. The number of nitrogens with zero attached hydrogens (tertiary/aromatic N) is 2.